The van der Waals surface area contributed by atoms with Gasteiger partial charge in [0.1, 0.15) is 10.8 Å². The molecular weight excluding hydrogens is 311 g/mol. The molecule has 21 heavy (non-hydrogen) atoms. The number of hydrogen-bond acceptors (Lipinski definition) is 4. The van der Waals surface area contributed by atoms with Crippen LogP contribution < -0.4 is 11.1 Å². The lowest BCUT2D eigenvalue weighted by molar-refractivity contribution is -0.117. The number of carbonyl (C=O) groups is 1. The first-order chi connectivity index (χ1) is 10.1. The standard InChI is InChI=1S/C14H10Cl2N4O/c15-8-4-2-1-3-7(8)11-12-9(5-6-10(16)19-12)18-14(21)13(17)20-11/h1-6,13H,17H2,(H,18,21). The number of aliphatic imine (C=N–C) groups is 1. The molecule has 1 amide bonds. The Hall–Kier alpha value is -1.95. The monoisotopic (exact) mass is 320 g/mol. The minimum Gasteiger partial charge on any atom is -0.321 e. The predicted octanol–water partition coefficient (Wildman–Crippen LogP) is 2.46. The van der Waals surface area contributed by atoms with E-state index in [2.05, 4.69) is 15.3 Å². The van der Waals surface area contributed by atoms with Gasteiger partial charge in [-0.15, -0.1) is 0 Å². The summed E-state index contributed by atoms with van der Waals surface area (Å²) in [6.45, 7) is 0. The van der Waals surface area contributed by atoms with Crippen LogP contribution in [0.2, 0.25) is 10.2 Å². The highest BCUT2D eigenvalue weighted by atomic mass is 35.5. The van der Waals surface area contributed by atoms with Crippen LogP contribution in [0.15, 0.2) is 41.4 Å². The van der Waals surface area contributed by atoms with Crippen LogP contribution in [-0.2, 0) is 4.79 Å². The maximum atomic E-state index is 11.9. The number of rotatable bonds is 1. The van der Waals surface area contributed by atoms with Crippen LogP contribution in [0.3, 0.4) is 0 Å². The van der Waals surface area contributed by atoms with E-state index < -0.39 is 12.1 Å². The van der Waals surface area contributed by atoms with E-state index in [0.29, 0.717) is 32.8 Å². The molecule has 106 valence electrons. The van der Waals surface area contributed by atoms with Crippen molar-refractivity contribution in [3.8, 4) is 0 Å². The number of pyridine rings is 1. The molecule has 0 aliphatic carbocycles. The van der Waals surface area contributed by atoms with Crippen molar-refractivity contribution in [2.45, 2.75) is 6.17 Å². The van der Waals surface area contributed by atoms with Crippen molar-refractivity contribution in [3.05, 3.63) is 57.8 Å². The molecular formula is C14H10Cl2N4O. The molecule has 2 aromatic rings. The van der Waals surface area contributed by atoms with Crippen molar-refractivity contribution in [2.24, 2.45) is 10.7 Å². The summed E-state index contributed by atoms with van der Waals surface area (Å²) in [7, 11) is 0. The fourth-order valence-electron chi connectivity index (χ4n) is 2.03. The van der Waals surface area contributed by atoms with Crippen LogP contribution in [0.4, 0.5) is 5.69 Å². The highest BCUT2D eigenvalue weighted by molar-refractivity contribution is 6.36. The van der Waals surface area contributed by atoms with Gasteiger partial charge >= 0.3 is 0 Å². The minimum atomic E-state index is -1.04. The van der Waals surface area contributed by atoms with Gasteiger partial charge in [-0.1, -0.05) is 41.4 Å². The van der Waals surface area contributed by atoms with Crippen LogP contribution >= 0.6 is 23.2 Å². The molecule has 3 rings (SSSR count). The van der Waals surface area contributed by atoms with Gasteiger partial charge in [-0.25, -0.2) is 4.98 Å². The topological polar surface area (TPSA) is 80.4 Å². The van der Waals surface area contributed by atoms with Crippen LogP contribution in [-0.4, -0.2) is 22.8 Å². The van der Waals surface area contributed by atoms with Gasteiger partial charge in [0.05, 0.1) is 16.4 Å². The van der Waals surface area contributed by atoms with Gasteiger partial charge in [0.2, 0.25) is 0 Å². The largest absolute Gasteiger partial charge is 0.321 e. The quantitative estimate of drug-likeness (QED) is 0.792. The zero-order valence-corrected chi connectivity index (χ0v) is 12.2. The molecule has 5 nitrogen and oxygen atoms in total. The molecule has 7 heteroatoms. The third kappa shape index (κ3) is 2.63. The Labute approximate surface area is 130 Å². The number of aromatic nitrogens is 1. The average Bonchev–Trinajstić information content (AvgIpc) is 2.58. The molecule has 1 atom stereocenters. The van der Waals surface area contributed by atoms with Gasteiger partial charge in [0.15, 0.2) is 6.17 Å². The normalized spacial score (nSPS) is 17.6. The molecule has 0 radical (unpaired) electrons. The van der Waals surface area contributed by atoms with E-state index in [9.17, 15) is 4.79 Å². The molecule has 0 saturated carbocycles. The molecule has 0 spiro atoms. The molecule has 0 saturated heterocycles. The number of hydrogen-bond donors (Lipinski definition) is 2. The molecule has 0 fully saturated rings. The zero-order chi connectivity index (χ0) is 15.0. The van der Waals surface area contributed by atoms with Crippen LogP contribution in [0, 0.1) is 0 Å². The van der Waals surface area contributed by atoms with Crippen LogP contribution in [0.5, 0.6) is 0 Å². The highest BCUT2D eigenvalue weighted by Crippen LogP contribution is 2.26. The number of halogens is 2. The predicted molar refractivity (Wildman–Crippen MR) is 82.9 cm³/mol. The van der Waals surface area contributed by atoms with Gasteiger partial charge in [0.25, 0.3) is 5.91 Å². The first-order valence-electron chi connectivity index (χ1n) is 6.12. The lowest BCUT2D eigenvalue weighted by Crippen LogP contribution is -2.33. The van der Waals surface area contributed by atoms with Crippen molar-refractivity contribution >= 4 is 40.5 Å². The molecule has 1 aromatic heterocycles. The molecule has 1 aliphatic heterocycles. The Bertz CT molecular complexity index is 760. The van der Waals surface area contributed by atoms with Crippen molar-refractivity contribution < 1.29 is 4.79 Å². The maximum absolute atomic E-state index is 11.9. The summed E-state index contributed by atoms with van der Waals surface area (Å²) in [5.74, 6) is -0.414. The smallest absolute Gasteiger partial charge is 0.263 e. The Morgan fingerprint density at radius 3 is 2.67 bits per heavy atom. The second kappa shape index (κ2) is 5.44. The van der Waals surface area contributed by atoms with Gasteiger partial charge in [-0.3, -0.25) is 9.79 Å². The van der Waals surface area contributed by atoms with Gasteiger partial charge in [-0.2, -0.15) is 0 Å². The number of amides is 1. The van der Waals surface area contributed by atoms with Crippen LogP contribution in [0.25, 0.3) is 0 Å². The fourth-order valence-corrected chi connectivity index (χ4v) is 2.41. The number of fused-ring (bicyclic) bond motifs is 1. The third-order valence-electron chi connectivity index (χ3n) is 3.01. The molecule has 1 unspecified atom stereocenters. The molecule has 1 aliphatic rings. The SMILES string of the molecule is NC1N=C(c2ccccc2Cl)c2nc(Cl)ccc2NC1=O. The van der Waals surface area contributed by atoms with Crippen molar-refractivity contribution in [2.75, 3.05) is 5.32 Å². The van der Waals surface area contributed by atoms with Crippen molar-refractivity contribution in [1.82, 2.24) is 4.98 Å². The minimum absolute atomic E-state index is 0.290. The summed E-state index contributed by atoms with van der Waals surface area (Å²) in [5.41, 5.74) is 7.78. The van der Waals surface area contributed by atoms with E-state index in [-0.39, 0.29) is 0 Å². The summed E-state index contributed by atoms with van der Waals surface area (Å²) >= 11 is 12.2. The molecule has 1 aromatic carbocycles. The van der Waals surface area contributed by atoms with Gasteiger partial charge in [0, 0.05) is 5.56 Å². The summed E-state index contributed by atoms with van der Waals surface area (Å²) in [4.78, 5) is 20.4. The third-order valence-corrected chi connectivity index (χ3v) is 3.55. The van der Waals surface area contributed by atoms with Crippen molar-refractivity contribution in [1.29, 1.82) is 0 Å². The number of carbonyl (C=O) groups excluding carboxylic acids is 1. The van der Waals surface area contributed by atoms with Crippen LogP contribution in [0.1, 0.15) is 11.3 Å². The summed E-state index contributed by atoms with van der Waals surface area (Å²) in [6, 6.07) is 10.4. The van der Waals surface area contributed by atoms with E-state index in [4.69, 9.17) is 28.9 Å². The Morgan fingerprint density at radius 1 is 1.14 bits per heavy atom. The second-order valence-corrected chi connectivity index (χ2v) is 5.22. The number of nitrogens with zero attached hydrogens (tertiary/aromatic N) is 2. The maximum Gasteiger partial charge on any atom is 0.263 e. The molecule has 0 bridgehead atoms. The summed E-state index contributed by atoms with van der Waals surface area (Å²) < 4.78 is 0. The Kier molecular flexibility index (Phi) is 3.63. The van der Waals surface area contributed by atoms with E-state index >= 15 is 0 Å². The molecule has 2 heterocycles. The first kappa shape index (κ1) is 14.0. The second-order valence-electron chi connectivity index (χ2n) is 4.42. The number of nitrogens with two attached hydrogens (primary N) is 1. The zero-order valence-electron chi connectivity index (χ0n) is 10.7. The van der Waals surface area contributed by atoms with E-state index in [1.807, 2.05) is 6.07 Å². The Morgan fingerprint density at radius 2 is 1.90 bits per heavy atom. The van der Waals surface area contributed by atoms with Gasteiger partial charge < -0.3 is 11.1 Å². The number of anilines is 1. The lowest BCUT2D eigenvalue weighted by atomic mass is 10.1. The summed E-state index contributed by atoms with van der Waals surface area (Å²) in [5, 5.41) is 3.46. The first-order valence-corrected chi connectivity index (χ1v) is 6.88. The number of benzene rings is 1. The van der Waals surface area contributed by atoms with Crippen molar-refractivity contribution in [3.63, 3.8) is 0 Å². The van der Waals surface area contributed by atoms with E-state index in [1.165, 1.54) is 0 Å². The summed E-state index contributed by atoms with van der Waals surface area (Å²) in [6.07, 6.45) is -1.04. The number of nitrogens with one attached hydrogen (secondary N) is 1. The average molecular weight is 321 g/mol. The van der Waals surface area contributed by atoms with E-state index in [0.717, 1.165) is 0 Å². The fraction of sp³-hybridized carbons (Fsp3) is 0.0714. The van der Waals surface area contributed by atoms with E-state index in [1.54, 1.807) is 30.3 Å². The van der Waals surface area contributed by atoms with Gasteiger partial charge in [-0.05, 0) is 18.2 Å². The highest BCUT2D eigenvalue weighted by Gasteiger charge is 2.25. The Balaban J connectivity index is 2.27. The lowest BCUT2D eigenvalue weighted by Gasteiger charge is -2.10. The molecule has 3 N–H and O–H groups in total.